The summed E-state index contributed by atoms with van der Waals surface area (Å²) in [4.78, 5) is 25.3. The number of aliphatic hydroxyl groups excluding tert-OH is 4. The number of nitrogens with one attached hydrogen (secondary N) is 1. The number of ether oxygens (including phenoxy) is 1. The largest absolute Gasteiger partial charge is 0.478 e. The Bertz CT molecular complexity index is 976. The van der Waals surface area contributed by atoms with Gasteiger partial charge in [-0.3, -0.25) is 4.79 Å². The van der Waals surface area contributed by atoms with Crippen molar-refractivity contribution in [3.63, 3.8) is 0 Å². The monoisotopic (exact) mass is 457 g/mol. The second-order valence-electron chi connectivity index (χ2n) is 7.70. The van der Waals surface area contributed by atoms with Gasteiger partial charge in [-0.05, 0) is 17.5 Å². The number of benzene rings is 2. The minimum absolute atomic E-state index is 0.0143. The Labute approximate surface area is 190 Å². The summed E-state index contributed by atoms with van der Waals surface area (Å²) in [5.74, 6) is -1.89. The molecule has 9 nitrogen and oxygen atoms in total. The first-order chi connectivity index (χ1) is 15.8. The fourth-order valence-electron chi connectivity index (χ4n) is 3.81. The van der Waals surface area contributed by atoms with Crippen molar-refractivity contribution in [2.45, 2.75) is 36.9 Å². The summed E-state index contributed by atoms with van der Waals surface area (Å²) < 4.78 is 5.45. The van der Waals surface area contributed by atoms with Gasteiger partial charge >= 0.3 is 5.97 Å². The van der Waals surface area contributed by atoms with Gasteiger partial charge in [-0.2, -0.15) is 0 Å². The van der Waals surface area contributed by atoms with Crippen LogP contribution in [0.25, 0.3) is 11.1 Å². The molecule has 0 spiro atoms. The van der Waals surface area contributed by atoms with Gasteiger partial charge in [0.15, 0.2) is 0 Å². The number of carbonyl (C=O) groups is 2. The lowest BCUT2D eigenvalue weighted by atomic mass is 9.93. The van der Waals surface area contributed by atoms with E-state index in [9.17, 15) is 35.1 Å². The lowest BCUT2D eigenvalue weighted by Gasteiger charge is -2.40. The average molecular weight is 457 g/mol. The summed E-state index contributed by atoms with van der Waals surface area (Å²) in [6.45, 7) is -0.562. The van der Waals surface area contributed by atoms with Crippen molar-refractivity contribution >= 4 is 23.0 Å². The van der Waals surface area contributed by atoms with Crippen molar-refractivity contribution in [2.75, 3.05) is 13.2 Å². The molecule has 9 heteroatoms. The van der Waals surface area contributed by atoms with Crippen LogP contribution in [0.5, 0.6) is 0 Å². The number of hydrogen-bond acceptors (Lipinski definition) is 7. The van der Waals surface area contributed by atoms with Crippen LogP contribution in [0.2, 0.25) is 0 Å². The number of aliphatic carboxylic acids is 1. The van der Waals surface area contributed by atoms with Crippen LogP contribution in [-0.2, 0) is 14.3 Å². The fraction of sp³-hybridized carbons (Fsp3) is 0.333. The number of aliphatic hydroxyl groups is 4. The van der Waals surface area contributed by atoms with Crippen LogP contribution in [0.1, 0.15) is 17.5 Å². The SMILES string of the molecule is O=C(O)/C(=C(\C(=O)NCC[C@H]1O[C@H](CO)[C@H](O)[C@H](O)[C@H]1O)c1ccccc1)c1ccccc1. The van der Waals surface area contributed by atoms with E-state index in [1.807, 2.05) is 0 Å². The van der Waals surface area contributed by atoms with Crippen molar-refractivity contribution in [1.82, 2.24) is 5.32 Å². The molecule has 2 aromatic rings. The molecule has 5 atom stereocenters. The van der Waals surface area contributed by atoms with Crippen LogP contribution in [0.15, 0.2) is 60.7 Å². The van der Waals surface area contributed by atoms with Gasteiger partial charge in [0.25, 0.3) is 5.91 Å². The van der Waals surface area contributed by atoms with Crippen molar-refractivity contribution in [3.8, 4) is 0 Å². The smallest absolute Gasteiger partial charge is 0.337 e. The molecule has 1 amide bonds. The molecule has 1 fully saturated rings. The predicted octanol–water partition coefficient (Wildman–Crippen LogP) is 0.0307. The predicted molar refractivity (Wildman–Crippen MR) is 119 cm³/mol. The maximum Gasteiger partial charge on any atom is 0.337 e. The Kier molecular flexibility index (Phi) is 8.32. The fourth-order valence-corrected chi connectivity index (χ4v) is 3.81. The summed E-state index contributed by atoms with van der Waals surface area (Å²) in [6, 6.07) is 16.7. The third kappa shape index (κ3) is 5.65. The van der Waals surface area contributed by atoms with Crippen LogP contribution in [0, 0.1) is 0 Å². The lowest BCUT2D eigenvalue weighted by Crippen LogP contribution is -2.58. The van der Waals surface area contributed by atoms with E-state index < -0.39 is 49.0 Å². The van der Waals surface area contributed by atoms with E-state index in [-0.39, 0.29) is 24.1 Å². The molecule has 6 N–H and O–H groups in total. The third-order valence-electron chi connectivity index (χ3n) is 5.52. The van der Waals surface area contributed by atoms with E-state index >= 15 is 0 Å². The van der Waals surface area contributed by atoms with E-state index in [1.165, 1.54) is 0 Å². The molecule has 0 aromatic heterocycles. The molecule has 1 saturated heterocycles. The van der Waals surface area contributed by atoms with Crippen LogP contribution >= 0.6 is 0 Å². The van der Waals surface area contributed by atoms with E-state index in [2.05, 4.69) is 5.32 Å². The molecule has 2 aromatic carbocycles. The number of rotatable bonds is 8. The summed E-state index contributed by atoms with van der Waals surface area (Å²) in [5, 5.41) is 51.9. The van der Waals surface area contributed by atoms with Gasteiger partial charge in [0, 0.05) is 6.54 Å². The first-order valence-corrected chi connectivity index (χ1v) is 10.5. The highest BCUT2D eigenvalue weighted by molar-refractivity contribution is 6.38. The van der Waals surface area contributed by atoms with Gasteiger partial charge < -0.3 is 35.6 Å². The molecule has 1 heterocycles. The topological polar surface area (TPSA) is 157 Å². The molecule has 1 aliphatic rings. The number of carboxylic acids is 1. The summed E-state index contributed by atoms with van der Waals surface area (Å²) in [5.41, 5.74) is 0.604. The average Bonchev–Trinajstić information content (AvgIpc) is 2.83. The first-order valence-electron chi connectivity index (χ1n) is 10.5. The second-order valence-corrected chi connectivity index (χ2v) is 7.70. The van der Waals surface area contributed by atoms with Crippen molar-refractivity contribution in [2.24, 2.45) is 0 Å². The van der Waals surface area contributed by atoms with Gasteiger partial charge in [-0.1, -0.05) is 60.7 Å². The second kappa shape index (κ2) is 11.2. The summed E-state index contributed by atoms with van der Waals surface area (Å²) in [6.07, 6.45) is -6.31. The molecule has 0 saturated carbocycles. The van der Waals surface area contributed by atoms with Crippen LogP contribution < -0.4 is 5.32 Å². The summed E-state index contributed by atoms with van der Waals surface area (Å²) >= 11 is 0. The number of carboxylic acid groups (broad SMARTS) is 1. The Morgan fingerprint density at radius 1 is 0.788 bits per heavy atom. The molecule has 3 rings (SSSR count). The van der Waals surface area contributed by atoms with E-state index in [4.69, 9.17) is 4.74 Å². The highest BCUT2D eigenvalue weighted by Gasteiger charge is 2.43. The highest BCUT2D eigenvalue weighted by Crippen LogP contribution is 2.28. The maximum atomic E-state index is 13.2. The van der Waals surface area contributed by atoms with Gasteiger partial charge in [-0.25, -0.2) is 4.79 Å². The number of carbonyl (C=O) groups excluding carboxylic acids is 1. The van der Waals surface area contributed by atoms with Crippen molar-refractivity contribution < 1.29 is 39.9 Å². The zero-order valence-corrected chi connectivity index (χ0v) is 17.7. The molecular weight excluding hydrogens is 430 g/mol. The Balaban J connectivity index is 1.83. The Morgan fingerprint density at radius 2 is 1.30 bits per heavy atom. The lowest BCUT2D eigenvalue weighted by molar-refractivity contribution is -0.229. The third-order valence-corrected chi connectivity index (χ3v) is 5.52. The Hall–Kier alpha value is -3.08. The van der Waals surface area contributed by atoms with Gasteiger partial charge in [0.2, 0.25) is 0 Å². The summed E-state index contributed by atoms with van der Waals surface area (Å²) in [7, 11) is 0. The molecule has 0 bridgehead atoms. The van der Waals surface area contributed by atoms with Crippen LogP contribution in [0.4, 0.5) is 0 Å². The minimum Gasteiger partial charge on any atom is -0.478 e. The molecule has 1 aliphatic heterocycles. The number of hydrogen-bond donors (Lipinski definition) is 6. The zero-order chi connectivity index (χ0) is 24.0. The van der Waals surface area contributed by atoms with E-state index in [1.54, 1.807) is 60.7 Å². The van der Waals surface area contributed by atoms with Crippen LogP contribution in [0.3, 0.4) is 0 Å². The minimum atomic E-state index is -1.51. The van der Waals surface area contributed by atoms with Crippen molar-refractivity contribution in [1.29, 1.82) is 0 Å². The highest BCUT2D eigenvalue weighted by atomic mass is 16.5. The zero-order valence-electron chi connectivity index (χ0n) is 17.7. The molecule has 33 heavy (non-hydrogen) atoms. The van der Waals surface area contributed by atoms with Crippen LogP contribution in [-0.4, -0.2) is 81.1 Å². The van der Waals surface area contributed by atoms with E-state index in [0.29, 0.717) is 11.1 Å². The first kappa shape index (κ1) is 24.6. The quantitative estimate of drug-likeness (QED) is 0.240. The standard InChI is InChI=1S/C24H27NO8/c26-13-17-21(28)22(29)20(27)16(33-17)11-12-25-23(30)18(14-7-3-1-4-8-14)19(24(31)32)15-9-5-2-6-10-15/h1-10,16-17,20-22,26-29H,11-13H2,(H,25,30)(H,31,32)/b19-18-/t16-,17-,20+,21+,22-/m1/s1. The van der Waals surface area contributed by atoms with Gasteiger partial charge in [-0.15, -0.1) is 0 Å². The maximum absolute atomic E-state index is 13.2. The molecule has 0 radical (unpaired) electrons. The normalized spacial score (nSPS) is 25.8. The molecule has 0 aliphatic carbocycles. The molecule has 176 valence electrons. The number of amides is 1. The molecule has 0 unspecified atom stereocenters. The molecular formula is C24H27NO8. The Morgan fingerprint density at radius 3 is 1.82 bits per heavy atom. The van der Waals surface area contributed by atoms with Gasteiger partial charge in [0.1, 0.15) is 24.4 Å². The van der Waals surface area contributed by atoms with Gasteiger partial charge in [0.05, 0.1) is 23.9 Å². The van der Waals surface area contributed by atoms with E-state index in [0.717, 1.165) is 0 Å². The van der Waals surface area contributed by atoms with Crippen molar-refractivity contribution in [3.05, 3.63) is 71.8 Å².